The van der Waals surface area contributed by atoms with Crippen LogP contribution < -0.4 is 5.48 Å². The average molecular weight is 332 g/mol. The van der Waals surface area contributed by atoms with Gasteiger partial charge in [-0.05, 0) is 31.2 Å². The topological polar surface area (TPSA) is 89.9 Å². The van der Waals surface area contributed by atoms with Crippen LogP contribution in [0.1, 0.15) is 37.2 Å². The van der Waals surface area contributed by atoms with Gasteiger partial charge in [0.15, 0.2) is 0 Å². The molecule has 2 fully saturated rings. The van der Waals surface area contributed by atoms with Gasteiger partial charge in [-0.15, -0.1) is 0 Å². The first kappa shape index (κ1) is 16.9. The minimum absolute atomic E-state index is 0.0334. The van der Waals surface area contributed by atoms with Gasteiger partial charge < -0.3 is 10.0 Å². The number of benzene rings is 1. The molecule has 6 nitrogen and oxygen atoms in total. The largest absolute Gasteiger partial charge is 0.393 e. The Hall–Kier alpha value is -1.92. The smallest absolute Gasteiger partial charge is 0.247 e. The highest BCUT2D eigenvalue weighted by Gasteiger charge is 2.41. The summed E-state index contributed by atoms with van der Waals surface area (Å²) in [6.45, 7) is 1.35. The molecule has 1 saturated heterocycles. The van der Waals surface area contributed by atoms with Crippen molar-refractivity contribution in [3.05, 3.63) is 35.9 Å². The number of hydrogen-bond donors (Lipinski definition) is 3. The van der Waals surface area contributed by atoms with E-state index in [1.165, 1.54) is 5.56 Å². The van der Waals surface area contributed by atoms with E-state index < -0.39 is 23.8 Å². The summed E-state index contributed by atoms with van der Waals surface area (Å²) >= 11 is 0. The van der Waals surface area contributed by atoms with E-state index in [2.05, 4.69) is 12.1 Å². The fraction of sp³-hybridized carbons (Fsp3) is 0.556. The predicted molar refractivity (Wildman–Crippen MR) is 87.1 cm³/mol. The summed E-state index contributed by atoms with van der Waals surface area (Å²) in [6, 6.07) is 10.1. The fourth-order valence-electron chi connectivity index (χ4n) is 4.01. The molecule has 0 spiro atoms. The lowest BCUT2D eigenvalue weighted by atomic mass is 9.76. The zero-order valence-corrected chi connectivity index (χ0v) is 13.6. The number of nitrogens with zero attached hydrogens (tertiary/aromatic N) is 1. The molecule has 4 atom stereocenters. The molecule has 1 aliphatic heterocycles. The molecular formula is C18H24N2O4. The van der Waals surface area contributed by atoms with Crippen molar-refractivity contribution in [3.8, 4) is 0 Å². The van der Waals surface area contributed by atoms with Gasteiger partial charge in [0.25, 0.3) is 0 Å². The van der Waals surface area contributed by atoms with Gasteiger partial charge in [0.2, 0.25) is 11.8 Å². The standard InChI is InChI=1S/C18H24N2O4/c21-14-6-7-15(16(10-14)17(22)19-24)18(23)20-9-8-13(11-20)12-4-2-1-3-5-12/h1-5,13-16,21,24H,6-11H2,(H,19,22)/t13-,14+,15-,16-/m0/s1. The van der Waals surface area contributed by atoms with E-state index in [1.54, 1.807) is 5.48 Å². The highest BCUT2D eigenvalue weighted by molar-refractivity contribution is 5.87. The van der Waals surface area contributed by atoms with E-state index in [4.69, 9.17) is 5.21 Å². The summed E-state index contributed by atoms with van der Waals surface area (Å²) in [7, 11) is 0. The molecule has 1 saturated carbocycles. The van der Waals surface area contributed by atoms with Crippen molar-refractivity contribution in [3.63, 3.8) is 0 Å². The first-order valence-corrected chi connectivity index (χ1v) is 8.56. The number of carbonyl (C=O) groups is 2. The van der Waals surface area contributed by atoms with Crippen molar-refractivity contribution in [1.29, 1.82) is 0 Å². The van der Waals surface area contributed by atoms with E-state index in [0.717, 1.165) is 6.42 Å². The Morgan fingerprint density at radius 3 is 2.54 bits per heavy atom. The maximum Gasteiger partial charge on any atom is 0.247 e. The average Bonchev–Trinajstić information content (AvgIpc) is 3.11. The van der Waals surface area contributed by atoms with E-state index in [0.29, 0.717) is 31.8 Å². The van der Waals surface area contributed by atoms with Gasteiger partial charge in [0.1, 0.15) is 0 Å². The lowest BCUT2D eigenvalue weighted by Crippen LogP contribution is -2.46. The van der Waals surface area contributed by atoms with Crippen molar-refractivity contribution >= 4 is 11.8 Å². The molecule has 0 aromatic heterocycles. The Labute approximate surface area is 141 Å². The van der Waals surface area contributed by atoms with Gasteiger partial charge in [-0.1, -0.05) is 30.3 Å². The van der Waals surface area contributed by atoms with Crippen LogP contribution in [0.3, 0.4) is 0 Å². The maximum atomic E-state index is 12.9. The zero-order chi connectivity index (χ0) is 17.1. The fourth-order valence-corrected chi connectivity index (χ4v) is 4.01. The second-order valence-electron chi connectivity index (χ2n) is 6.84. The third kappa shape index (κ3) is 3.44. The normalized spacial score (nSPS) is 30.2. The van der Waals surface area contributed by atoms with Crippen LogP contribution in [0.4, 0.5) is 0 Å². The number of hydrogen-bond acceptors (Lipinski definition) is 4. The molecule has 2 aliphatic rings. The van der Waals surface area contributed by atoms with Gasteiger partial charge in [0.05, 0.1) is 12.0 Å². The molecule has 1 aromatic rings. The van der Waals surface area contributed by atoms with Crippen molar-refractivity contribution in [2.75, 3.05) is 13.1 Å². The zero-order valence-electron chi connectivity index (χ0n) is 13.6. The minimum atomic E-state index is -0.665. The lowest BCUT2D eigenvalue weighted by Gasteiger charge is -2.34. The van der Waals surface area contributed by atoms with Crippen LogP contribution in [0.25, 0.3) is 0 Å². The molecule has 0 unspecified atom stereocenters. The second-order valence-corrected chi connectivity index (χ2v) is 6.84. The number of aliphatic hydroxyl groups excluding tert-OH is 1. The van der Waals surface area contributed by atoms with Crippen LogP contribution in [-0.4, -0.2) is 46.2 Å². The predicted octanol–water partition coefficient (Wildman–Crippen LogP) is 1.29. The summed E-state index contributed by atoms with van der Waals surface area (Å²) in [4.78, 5) is 26.6. The molecule has 3 N–H and O–H groups in total. The van der Waals surface area contributed by atoms with Gasteiger partial charge in [0, 0.05) is 24.9 Å². The highest BCUT2D eigenvalue weighted by atomic mass is 16.5. The number of nitrogens with one attached hydrogen (secondary N) is 1. The summed E-state index contributed by atoms with van der Waals surface area (Å²) in [5, 5.41) is 18.7. The Bertz CT molecular complexity index is 592. The first-order chi connectivity index (χ1) is 11.6. The Balaban J connectivity index is 1.68. The van der Waals surface area contributed by atoms with E-state index in [1.807, 2.05) is 23.1 Å². The molecule has 0 radical (unpaired) electrons. The molecule has 1 aromatic carbocycles. The van der Waals surface area contributed by atoms with Crippen LogP contribution in [0.15, 0.2) is 30.3 Å². The first-order valence-electron chi connectivity index (χ1n) is 8.56. The van der Waals surface area contributed by atoms with Crippen molar-refractivity contribution in [2.24, 2.45) is 11.8 Å². The Kier molecular flexibility index (Phi) is 5.16. The van der Waals surface area contributed by atoms with Gasteiger partial charge in [-0.25, -0.2) is 5.48 Å². The molecule has 130 valence electrons. The van der Waals surface area contributed by atoms with Crippen LogP contribution in [0, 0.1) is 11.8 Å². The summed E-state index contributed by atoms with van der Waals surface area (Å²) in [6.07, 6.45) is 1.54. The molecule has 0 bridgehead atoms. The van der Waals surface area contributed by atoms with Gasteiger partial charge >= 0.3 is 0 Å². The third-order valence-electron chi connectivity index (χ3n) is 5.36. The van der Waals surface area contributed by atoms with Crippen molar-refractivity contribution in [2.45, 2.75) is 37.7 Å². The lowest BCUT2D eigenvalue weighted by molar-refractivity contribution is -0.148. The van der Waals surface area contributed by atoms with Crippen molar-refractivity contribution in [1.82, 2.24) is 10.4 Å². The number of hydroxylamine groups is 1. The molecular weight excluding hydrogens is 308 g/mol. The molecule has 2 amide bonds. The molecule has 1 heterocycles. The number of aliphatic hydroxyl groups is 1. The highest BCUT2D eigenvalue weighted by Crippen LogP contribution is 2.35. The quantitative estimate of drug-likeness (QED) is 0.575. The summed E-state index contributed by atoms with van der Waals surface area (Å²) in [5.41, 5.74) is 2.88. The number of rotatable bonds is 3. The number of carbonyl (C=O) groups excluding carboxylic acids is 2. The third-order valence-corrected chi connectivity index (χ3v) is 5.36. The van der Waals surface area contributed by atoms with Crippen LogP contribution in [0.2, 0.25) is 0 Å². The number of amides is 2. The number of likely N-dealkylation sites (tertiary alicyclic amines) is 1. The van der Waals surface area contributed by atoms with Gasteiger partial charge in [-0.2, -0.15) is 0 Å². The Morgan fingerprint density at radius 2 is 1.83 bits per heavy atom. The maximum absolute atomic E-state index is 12.9. The van der Waals surface area contributed by atoms with Crippen LogP contribution in [-0.2, 0) is 9.59 Å². The van der Waals surface area contributed by atoms with Crippen LogP contribution in [0.5, 0.6) is 0 Å². The molecule has 3 rings (SSSR count). The van der Waals surface area contributed by atoms with Crippen molar-refractivity contribution < 1.29 is 19.9 Å². The summed E-state index contributed by atoms with van der Waals surface area (Å²) in [5.74, 6) is -1.41. The van der Waals surface area contributed by atoms with Gasteiger partial charge in [-0.3, -0.25) is 14.8 Å². The molecule has 6 heteroatoms. The monoisotopic (exact) mass is 332 g/mol. The van der Waals surface area contributed by atoms with Crippen LogP contribution >= 0.6 is 0 Å². The van der Waals surface area contributed by atoms with E-state index >= 15 is 0 Å². The second kappa shape index (κ2) is 7.32. The summed E-state index contributed by atoms with van der Waals surface area (Å²) < 4.78 is 0. The molecule has 1 aliphatic carbocycles. The van der Waals surface area contributed by atoms with E-state index in [-0.39, 0.29) is 12.3 Å². The minimum Gasteiger partial charge on any atom is -0.393 e. The van der Waals surface area contributed by atoms with E-state index in [9.17, 15) is 14.7 Å². The SMILES string of the molecule is O=C(NO)[C@H]1C[C@H](O)CC[C@@H]1C(=O)N1CC[C@H](c2ccccc2)C1. The Morgan fingerprint density at radius 1 is 1.08 bits per heavy atom. The molecule has 24 heavy (non-hydrogen) atoms.